The lowest BCUT2D eigenvalue weighted by Gasteiger charge is -2.21. The van der Waals surface area contributed by atoms with Crippen LogP contribution in [0.2, 0.25) is 0 Å². The van der Waals surface area contributed by atoms with Crippen LogP contribution in [0.4, 0.5) is 5.69 Å². The van der Waals surface area contributed by atoms with E-state index in [1.54, 1.807) is 11.8 Å². The largest absolute Gasteiger partial charge is 0.507 e. The molecule has 1 heterocycles. The molecule has 1 aliphatic rings. The maximum absolute atomic E-state index is 12.1. The monoisotopic (exact) mass is 281 g/mol. The Labute approximate surface area is 115 Å². The number of anilines is 1. The molecule has 1 amide bonds. The highest BCUT2D eigenvalue weighted by Gasteiger charge is 2.37. The number of carboxylic acids is 1. The summed E-state index contributed by atoms with van der Waals surface area (Å²) in [4.78, 5) is 22.9. The Morgan fingerprint density at radius 3 is 2.68 bits per heavy atom. The maximum Gasteiger partial charge on any atom is 0.339 e. The third-order valence-electron chi connectivity index (χ3n) is 3.19. The zero-order valence-corrected chi connectivity index (χ0v) is 11.3. The molecule has 2 rings (SSSR count). The molecule has 0 aromatic heterocycles. The zero-order valence-electron chi connectivity index (χ0n) is 10.5. The van der Waals surface area contributed by atoms with Crippen LogP contribution in [0.1, 0.15) is 30.1 Å². The second-order valence-electron chi connectivity index (χ2n) is 4.67. The summed E-state index contributed by atoms with van der Waals surface area (Å²) in [5.41, 5.74) is 0.223. The summed E-state index contributed by atoms with van der Waals surface area (Å²) >= 11 is 1.62. The summed E-state index contributed by atoms with van der Waals surface area (Å²) in [5.74, 6) is -0.701. The van der Waals surface area contributed by atoms with E-state index in [4.69, 9.17) is 5.11 Å². The number of aromatic hydroxyl groups is 1. The summed E-state index contributed by atoms with van der Waals surface area (Å²) in [7, 11) is 0. The van der Waals surface area contributed by atoms with Gasteiger partial charge in [-0.05, 0) is 37.7 Å². The smallest absolute Gasteiger partial charge is 0.339 e. The van der Waals surface area contributed by atoms with E-state index in [1.165, 1.54) is 18.2 Å². The maximum atomic E-state index is 12.1. The van der Waals surface area contributed by atoms with Crippen molar-refractivity contribution in [1.82, 2.24) is 0 Å². The van der Waals surface area contributed by atoms with E-state index in [0.717, 1.165) is 18.6 Å². The van der Waals surface area contributed by atoms with Crippen molar-refractivity contribution in [2.24, 2.45) is 0 Å². The Kier molecular flexibility index (Phi) is 3.71. The Hall–Kier alpha value is -1.69. The molecular weight excluding hydrogens is 266 g/mol. The average molecular weight is 281 g/mol. The van der Waals surface area contributed by atoms with Crippen molar-refractivity contribution in [1.29, 1.82) is 0 Å². The molecule has 1 aliphatic heterocycles. The highest BCUT2D eigenvalue weighted by Crippen LogP contribution is 2.38. The molecular formula is C13H15NO4S. The molecule has 3 N–H and O–H groups in total. The SMILES string of the molecule is CC1(C(=O)Nc2ccc(C(=O)O)c(O)c2)CCCS1. The predicted molar refractivity (Wildman–Crippen MR) is 73.8 cm³/mol. The van der Waals surface area contributed by atoms with Gasteiger partial charge in [0.2, 0.25) is 5.91 Å². The molecule has 0 bridgehead atoms. The Balaban J connectivity index is 2.13. The standard InChI is InChI=1S/C13H15NO4S/c1-13(5-2-6-19-13)12(18)14-8-3-4-9(11(16)17)10(15)7-8/h3-4,7,15H,2,5-6H2,1H3,(H,14,18)(H,16,17). The minimum atomic E-state index is -1.20. The summed E-state index contributed by atoms with van der Waals surface area (Å²) in [6.07, 6.45) is 1.83. The van der Waals surface area contributed by atoms with Crippen molar-refractivity contribution in [2.45, 2.75) is 24.5 Å². The topological polar surface area (TPSA) is 86.6 Å². The van der Waals surface area contributed by atoms with E-state index in [2.05, 4.69) is 5.32 Å². The molecule has 5 nitrogen and oxygen atoms in total. The molecule has 1 saturated heterocycles. The number of hydrogen-bond donors (Lipinski definition) is 3. The highest BCUT2D eigenvalue weighted by atomic mass is 32.2. The van der Waals surface area contributed by atoms with Gasteiger partial charge in [0, 0.05) is 11.8 Å². The Bertz CT molecular complexity index is 523. The van der Waals surface area contributed by atoms with Crippen LogP contribution in [-0.2, 0) is 4.79 Å². The number of benzene rings is 1. The number of carbonyl (C=O) groups is 2. The molecule has 1 aromatic rings. The van der Waals surface area contributed by atoms with E-state index in [1.807, 2.05) is 6.92 Å². The Morgan fingerprint density at radius 1 is 1.42 bits per heavy atom. The molecule has 0 saturated carbocycles. The van der Waals surface area contributed by atoms with E-state index < -0.39 is 10.7 Å². The van der Waals surface area contributed by atoms with Crippen LogP contribution in [0.25, 0.3) is 0 Å². The molecule has 1 fully saturated rings. The minimum absolute atomic E-state index is 0.113. The molecule has 1 unspecified atom stereocenters. The lowest BCUT2D eigenvalue weighted by atomic mass is 10.0. The van der Waals surface area contributed by atoms with Crippen LogP contribution in [-0.4, -0.2) is 32.6 Å². The van der Waals surface area contributed by atoms with Crippen LogP contribution >= 0.6 is 11.8 Å². The number of nitrogens with one attached hydrogen (secondary N) is 1. The number of thioether (sulfide) groups is 1. The average Bonchev–Trinajstić information content (AvgIpc) is 2.77. The molecule has 6 heteroatoms. The van der Waals surface area contributed by atoms with E-state index in [-0.39, 0.29) is 17.2 Å². The first-order valence-corrected chi connectivity index (χ1v) is 6.93. The van der Waals surface area contributed by atoms with E-state index in [9.17, 15) is 14.7 Å². The van der Waals surface area contributed by atoms with Crippen LogP contribution in [0, 0.1) is 0 Å². The van der Waals surface area contributed by atoms with Gasteiger partial charge in [0.05, 0.1) is 4.75 Å². The molecule has 19 heavy (non-hydrogen) atoms. The number of hydrogen-bond acceptors (Lipinski definition) is 4. The van der Waals surface area contributed by atoms with Gasteiger partial charge in [-0.2, -0.15) is 0 Å². The zero-order chi connectivity index (χ0) is 14.0. The molecule has 1 aromatic carbocycles. The van der Waals surface area contributed by atoms with Crippen molar-refractivity contribution in [3.63, 3.8) is 0 Å². The number of phenols is 1. The summed E-state index contributed by atoms with van der Waals surface area (Å²) in [5, 5.41) is 21.1. The van der Waals surface area contributed by atoms with Crippen molar-refractivity contribution in [2.75, 3.05) is 11.1 Å². The second kappa shape index (κ2) is 5.13. The first-order valence-electron chi connectivity index (χ1n) is 5.94. The second-order valence-corrected chi connectivity index (χ2v) is 6.27. The van der Waals surface area contributed by atoms with Gasteiger partial charge in [0.15, 0.2) is 0 Å². The van der Waals surface area contributed by atoms with Gasteiger partial charge in [-0.1, -0.05) is 0 Å². The van der Waals surface area contributed by atoms with Crippen molar-refractivity contribution in [3.8, 4) is 5.75 Å². The normalized spacial score (nSPS) is 22.2. The van der Waals surface area contributed by atoms with Gasteiger partial charge >= 0.3 is 5.97 Å². The number of aromatic carboxylic acids is 1. The van der Waals surface area contributed by atoms with Crippen molar-refractivity contribution >= 4 is 29.3 Å². The van der Waals surface area contributed by atoms with Gasteiger partial charge < -0.3 is 15.5 Å². The minimum Gasteiger partial charge on any atom is -0.507 e. The van der Waals surface area contributed by atoms with Crippen LogP contribution in [0.3, 0.4) is 0 Å². The quantitative estimate of drug-likeness (QED) is 0.791. The third kappa shape index (κ3) is 2.84. The van der Waals surface area contributed by atoms with Gasteiger partial charge in [-0.25, -0.2) is 4.79 Å². The lowest BCUT2D eigenvalue weighted by molar-refractivity contribution is -0.118. The summed E-state index contributed by atoms with van der Waals surface area (Å²) in [6, 6.07) is 4.01. The molecule has 0 aliphatic carbocycles. The predicted octanol–water partition coefficient (Wildman–Crippen LogP) is 2.31. The fraction of sp³-hybridized carbons (Fsp3) is 0.385. The van der Waals surface area contributed by atoms with Crippen LogP contribution in [0.5, 0.6) is 5.75 Å². The lowest BCUT2D eigenvalue weighted by Crippen LogP contribution is -2.34. The fourth-order valence-corrected chi connectivity index (χ4v) is 3.22. The number of rotatable bonds is 3. The van der Waals surface area contributed by atoms with Gasteiger partial charge in [-0.15, -0.1) is 11.8 Å². The number of amides is 1. The van der Waals surface area contributed by atoms with Crippen molar-refractivity contribution in [3.05, 3.63) is 23.8 Å². The molecule has 102 valence electrons. The van der Waals surface area contributed by atoms with Crippen LogP contribution < -0.4 is 5.32 Å². The highest BCUT2D eigenvalue weighted by molar-refractivity contribution is 8.01. The first-order chi connectivity index (χ1) is 8.92. The molecule has 0 spiro atoms. The fourth-order valence-electron chi connectivity index (χ4n) is 2.01. The third-order valence-corrected chi connectivity index (χ3v) is 4.70. The van der Waals surface area contributed by atoms with Gasteiger partial charge in [0.1, 0.15) is 11.3 Å². The number of carboxylic acid groups (broad SMARTS) is 1. The number of carbonyl (C=O) groups excluding carboxylic acids is 1. The first kappa shape index (κ1) is 13.7. The summed E-state index contributed by atoms with van der Waals surface area (Å²) < 4.78 is -0.443. The van der Waals surface area contributed by atoms with E-state index >= 15 is 0 Å². The van der Waals surface area contributed by atoms with Gasteiger partial charge in [-0.3, -0.25) is 4.79 Å². The summed E-state index contributed by atoms with van der Waals surface area (Å²) in [6.45, 7) is 1.89. The molecule has 1 atom stereocenters. The molecule has 0 radical (unpaired) electrons. The van der Waals surface area contributed by atoms with E-state index in [0.29, 0.717) is 5.69 Å². The van der Waals surface area contributed by atoms with Gasteiger partial charge in [0.25, 0.3) is 0 Å². The Morgan fingerprint density at radius 2 is 2.16 bits per heavy atom. The van der Waals surface area contributed by atoms with Crippen LogP contribution in [0.15, 0.2) is 18.2 Å². The van der Waals surface area contributed by atoms with Crippen molar-refractivity contribution < 1.29 is 19.8 Å².